The Morgan fingerprint density at radius 1 is 0.739 bits per heavy atom. The minimum absolute atomic E-state index is 0.318. The van der Waals surface area contributed by atoms with Crippen molar-refractivity contribution in [2.45, 2.75) is 45.2 Å². The Morgan fingerprint density at radius 3 is 1.61 bits per heavy atom. The van der Waals surface area contributed by atoms with E-state index in [0.29, 0.717) is 12.1 Å². The van der Waals surface area contributed by atoms with Crippen molar-refractivity contribution in [3.05, 3.63) is 60.2 Å². The maximum atomic E-state index is 4.38. The molecule has 0 radical (unpaired) electrons. The number of unbranched alkanes of at least 4 members (excludes halogenated alkanes) is 2. The fourth-order valence-electron chi connectivity index (χ4n) is 2.54. The van der Waals surface area contributed by atoms with Crippen molar-refractivity contribution in [2.75, 3.05) is 13.1 Å². The molecule has 2 N–H and O–H groups in total. The number of rotatable bonds is 10. The summed E-state index contributed by atoms with van der Waals surface area (Å²) in [6.45, 7) is 6.40. The lowest BCUT2D eigenvalue weighted by molar-refractivity contribution is 0.502. The molecule has 0 amide bonds. The Hall–Kier alpha value is -1.78. The molecule has 2 rings (SSSR count). The van der Waals surface area contributed by atoms with Gasteiger partial charge in [-0.15, -0.1) is 0 Å². The van der Waals surface area contributed by atoms with Crippen molar-refractivity contribution < 1.29 is 0 Å². The Kier molecular flexibility index (Phi) is 7.70. The molecule has 0 unspecified atom stereocenters. The Morgan fingerprint density at radius 2 is 1.22 bits per heavy atom. The van der Waals surface area contributed by atoms with Crippen LogP contribution >= 0.6 is 0 Å². The summed E-state index contributed by atoms with van der Waals surface area (Å²) < 4.78 is 0. The molecule has 0 aliphatic rings. The maximum Gasteiger partial charge on any atom is 0.0570 e. The van der Waals surface area contributed by atoms with Crippen molar-refractivity contribution in [3.63, 3.8) is 0 Å². The third-order valence-corrected chi connectivity index (χ3v) is 4.02. The third-order valence-electron chi connectivity index (χ3n) is 4.02. The van der Waals surface area contributed by atoms with Gasteiger partial charge in [-0.05, 0) is 64.0 Å². The maximum absolute atomic E-state index is 4.38. The first-order valence-corrected chi connectivity index (χ1v) is 8.56. The molecule has 0 aliphatic heterocycles. The highest BCUT2D eigenvalue weighted by molar-refractivity contribution is 5.08. The van der Waals surface area contributed by atoms with Crippen LogP contribution in [0.5, 0.6) is 0 Å². The van der Waals surface area contributed by atoms with E-state index in [1.807, 2.05) is 36.7 Å². The zero-order valence-electron chi connectivity index (χ0n) is 14.2. The van der Waals surface area contributed by atoms with Gasteiger partial charge in [0, 0.05) is 24.5 Å². The first kappa shape index (κ1) is 17.6. The van der Waals surface area contributed by atoms with E-state index < -0.39 is 0 Å². The molecule has 4 nitrogen and oxygen atoms in total. The highest BCUT2D eigenvalue weighted by atomic mass is 14.9. The molecule has 0 aromatic carbocycles. The third kappa shape index (κ3) is 6.47. The summed E-state index contributed by atoms with van der Waals surface area (Å²) in [5, 5.41) is 7.06. The zero-order chi connectivity index (χ0) is 16.3. The summed E-state index contributed by atoms with van der Waals surface area (Å²) >= 11 is 0. The van der Waals surface area contributed by atoms with E-state index in [1.165, 1.54) is 19.3 Å². The number of pyridine rings is 2. The van der Waals surface area contributed by atoms with E-state index in [2.05, 4.69) is 46.6 Å². The van der Waals surface area contributed by atoms with E-state index in [4.69, 9.17) is 0 Å². The fourth-order valence-corrected chi connectivity index (χ4v) is 2.54. The van der Waals surface area contributed by atoms with Crippen LogP contribution in [-0.4, -0.2) is 23.1 Å². The van der Waals surface area contributed by atoms with E-state index in [-0.39, 0.29) is 0 Å². The summed E-state index contributed by atoms with van der Waals surface area (Å²) in [7, 11) is 0. The smallest absolute Gasteiger partial charge is 0.0570 e. The van der Waals surface area contributed by atoms with Crippen LogP contribution in [0.2, 0.25) is 0 Å². The molecule has 0 saturated heterocycles. The predicted molar refractivity (Wildman–Crippen MR) is 95.2 cm³/mol. The molecule has 124 valence electrons. The van der Waals surface area contributed by atoms with Crippen LogP contribution in [0.25, 0.3) is 0 Å². The Balaban J connectivity index is 1.51. The molecule has 2 atom stereocenters. The number of nitrogens with one attached hydrogen (secondary N) is 2. The van der Waals surface area contributed by atoms with E-state index in [1.54, 1.807) is 0 Å². The van der Waals surface area contributed by atoms with E-state index >= 15 is 0 Å². The van der Waals surface area contributed by atoms with Gasteiger partial charge >= 0.3 is 0 Å². The van der Waals surface area contributed by atoms with E-state index in [9.17, 15) is 0 Å². The van der Waals surface area contributed by atoms with Gasteiger partial charge in [0.15, 0.2) is 0 Å². The highest BCUT2D eigenvalue weighted by Crippen LogP contribution is 2.09. The summed E-state index contributed by atoms with van der Waals surface area (Å²) in [4.78, 5) is 8.75. The fraction of sp³-hybridized carbons (Fsp3) is 0.474. The van der Waals surface area contributed by atoms with Gasteiger partial charge < -0.3 is 10.6 Å². The highest BCUT2D eigenvalue weighted by Gasteiger charge is 2.05. The second-order valence-electron chi connectivity index (χ2n) is 5.92. The van der Waals surface area contributed by atoms with Gasteiger partial charge in [-0.3, -0.25) is 9.97 Å². The minimum Gasteiger partial charge on any atom is -0.309 e. The Labute approximate surface area is 139 Å². The van der Waals surface area contributed by atoms with Gasteiger partial charge in [0.1, 0.15) is 0 Å². The molecular weight excluding hydrogens is 284 g/mol. The van der Waals surface area contributed by atoms with Crippen molar-refractivity contribution >= 4 is 0 Å². The van der Waals surface area contributed by atoms with Crippen LogP contribution in [-0.2, 0) is 0 Å². The average Bonchev–Trinajstić information content (AvgIpc) is 2.62. The lowest BCUT2D eigenvalue weighted by atomic mass is 10.1. The molecule has 2 aromatic rings. The van der Waals surface area contributed by atoms with Gasteiger partial charge in [-0.1, -0.05) is 18.6 Å². The minimum atomic E-state index is 0.318. The second-order valence-corrected chi connectivity index (χ2v) is 5.92. The quantitative estimate of drug-likeness (QED) is 0.658. The predicted octanol–water partition coefficient (Wildman–Crippen LogP) is 3.65. The van der Waals surface area contributed by atoms with Gasteiger partial charge in [0.2, 0.25) is 0 Å². The van der Waals surface area contributed by atoms with Gasteiger partial charge in [-0.2, -0.15) is 0 Å². The van der Waals surface area contributed by atoms with Crippen LogP contribution in [0.15, 0.2) is 48.8 Å². The molecule has 4 heteroatoms. The number of hydrogen-bond donors (Lipinski definition) is 2. The van der Waals surface area contributed by atoms with Gasteiger partial charge in [-0.25, -0.2) is 0 Å². The van der Waals surface area contributed by atoms with Crippen molar-refractivity contribution in [2.24, 2.45) is 0 Å². The summed E-state index contributed by atoms with van der Waals surface area (Å²) in [6, 6.07) is 12.8. The number of nitrogens with zero attached hydrogens (tertiary/aromatic N) is 2. The van der Waals surface area contributed by atoms with Crippen molar-refractivity contribution in [3.8, 4) is 0 Å². The zero-order valence-corrected chi connectivity index (χ0v) is 14.2. The topological polar surface area (TPSA) is 49.8 Å². The first-order chi connectivity index (χ1) is 11.3. The van der Waals surface area contributed by atoms with Crippen LogP contribution in [0, 0.1) is 0 Å². The molecule has 0 spiro atoms. The summed E-state index contributed by atoms with van der Waals surface area (Å²) in [5.74, 6) is 0. The van der Waals surface area contributed by atoms with Crippen LogP contribution in [0.3, 0.4) is 0 Å². The molecular formula is C19H28N4. The second kappa shape index (κ2) is 10.1. The van der Waals surface area contributed by atoms with Gasteiger partial charge in [0.05, 0.1) is 11.4 Å². The normalized spacial score (nSPS) is 13.7. The Bertz CT molecular complexity index is 480. The van der Waals surface area contributed by atoms with Crippen molar-refractivity contribution in [1.29, 1.82) is 0 Å². The van der Waals surface area contributed by atoms with Gasteiger partial charge in [0.25, 0.3) is 0 Å². The average molecular weight is 312 g/mol. The lowest BCUT2D eigenvalue weighted by Gasteiger charge is -2.14. The molecule has 0 aliphatic carbocycles. The monoisotopic (exact) mass is 312 g/mol. The molecule has 23 heavy (non-hydrogen) atoms. The van der Waals surface area contributed by atoms with Crippen LogP contribution in [0.1, 0.15) is 56.6 Å². The molecule has 2 aromatic heterocycles. The summed E-state index contributed by atoms with van der Waals surface area (Å²) in [5.41, 5.74) is 2.22. The molecule has 0 saturated carbocycles. The van der Waals surface area contributed by atoms with Crippen molar-refractivity contribution in [1.82, 2.24) is 20.6 Å². The standard InChI is InChI=1S/C19H28N4/c1-16(18-10-4-8-14-22-18)20-12-6-3-7-13-21-17(2)19-11-5-9-15-23-19/h4-5,8-11,14-17,20-21H,3,6-7,12-13H2,1-2H3/t16-,17-/m1/s1. The molecule has 0 bridgehead atoms. The van der Waals surface area contributed by atoms with Crippen LogP contribution < -0.4 is 10.6 Å². The lowest BCUT2D eigenvalue weighted by Crippen LogP contribution is -2.22. The number of aromatic nitrogens is 2. The number of hydrogen-bond acceptors (Lipinski definition) is 4. The largest absolute Gasteiger partial charge is 0.309 e. The van der Waals surface area contributed by atoms with E-state index in [0.717, 1.165) is 24.5 Å². The van der Waals surface area contributed by atoms with Crippen LogP contribution in [0.4, 0.5) is 0 Å². The molecule has 2 heterocycles. The summed E-state index contributed by atoms with van der Waals surface area (Å²) in [6.07, 6.45) is 7.31. The molecule has 0 fully saturated rings. The SMILES string of the molecule is C[C@@H](NCCCCCN[C@H](C)c1ccccn1)c1ccccn1. The first-order valence-electron chi connectivity index (χ1n) is 8.56.